The monoisotopic (exact) mass is 507 g/mol. The molecule has 1 N–H and O–H groups in total. The van der Waals surface area contributed by atoms with Crippen LogP contribution in [0.5, 0.6) is 5.75 Å². The van der Waals surface area contributed by atoms with Crippen LogP contribution in [0.1, 0.15) is 25.3 Å². The number of halogens is 7. The number of amides is 1. The molecule has 0 bridgehead atoms. The van der Waals surface area contributed by atoms with Gasteiger partial charge in [-0.2, -0.15) is 26.3 Å². The highest BCUT2D eigenvalue weighted by atomic mass is 19.4. The van der Waals surface area contributed by atoms with E-state index in [1.807, 2.05) is 0 Å². The molecule has 1 aliphatic rings. The van der Waals surface area contributed by atoms with Crippen LogP contribution >= 0.6 is 0 Å². The van der Waals surface area contributed by atoms with Crippen LogP contribution in [0.15, 0.2) is 30.5 Å². The van der Waals surface area contributed by atoms with E-state index in [0.717, 1.165) is 13.0 Å². The lowest BCUT2D eigenvalue weighted by Crippen LogP contribution is -2.47. The summed E-state index contributed by atoms with van der Waals surface area (Å²) in [6.07, 6.45) is -5.59. The fraction of sp³-hybridized carbons (Fsp3) is 0.400. The molecule has 1 aromatic carbocycles. The number of tetrazole rings is 1. The first-order chi connectivity index (χ1) is 16.3. The van der Waals surface area contributed by atoms with Gasteiger partial charge >= 0.3 is 12.8 Å². The average molecular weight is 507 g/mol. The number of hydrogen-bond acceptors (Lipinski definition) is 6. The van der Waals surface area contributed by atoms with E-state index >= 15 is 0 Å². The van der Waals surface area contributed by atoms with E-state index in [9.17, 15) is 35.5 Å². The highest BCUT2D eigenvalue weighted by Gasteiger charge is 2.66. The molecule has 0 radical (unpaired) electrons. The van der Waals surface area contributed by atoms with Gasteiger partial charge in [-0.05, 0) is 29.5 Å². The van der Waals surface area contributed by atoms with Crippen molar-refractivity contribution in [1.82, 2.24) is 20.0 Å². The number of aromatic nitrogens is 4. The van der Waals surface area contributed by atoms with Crippen LogP contribution in [0.3, 0.4) is 0 Å². The lowest BCUT2D eigenvalue weighted by Gasteiger charge is -2.32. The highest BCUT2D eigenvalue weighted by molar-refractivity contribution is 5.95. The summed E-state index contributed by atoms with van der Waals surface area (Å²) < 4.78 is 107. The van der Waals surface area contributed by atoms with Gasteiger partial charge in [0.2, 0.25) is 5.82 Å². The molecule has 2 aromatic heterocycles. The number of anilines is 1. The number of alkyl halides is 5. The van der Waals surface area contributed by atoms with E-state index in [1.54, 1.807) is 0 Å². The number of ether oxygens (including phenoxy) is 2. The highest BCUT2D eigenvalue weighted by Crippen LogP contribution is 2.55. The average Bonchev–Trinajstić information content (AvgIpc) is 3.34. The van der Waals surface area contributed by atoms with E-state index in [2.05, 4.69) is 25.6 Å². The maximum Gasteiger partial charge on any atom is 0.417 e. The molecule has 1 saturated heterocycles. The van der Waals surface area contributed by atoms with Crippen LogP contribution in [0.2, 0.25) is 0 Å². The Kier molecular flexibility index (Phi) is 6.07. The zero-order valence-electron chi connectivity index (χ0n) is 17.9. The standard InChI is InChI=1S/C20H16F7N5O3/c1-8-13(10-3-4-11(21)14(22)15(10)34-18(23)24)16(35-19(8,2)20(25,26)27)17(33)28-9-5-6-32-12(7-9)29-30-31-32/h3-8,13,16,18H,1-2H3,(H,28,33)/t8-,13-,16+,19+/m1/s1. The van der Waals surface area contributed by atoms with Crippen molar-refractivity contribution in [1.29, 1.82) is 0 Å². The van der Waals surface area contributed by atoms with Crippen molar-refractivity contribution in [2.45, 2.75) is 44.3 Å². The van der Waals surface area contributed by atoms with E-state index < -0.39 is 65.2 Å². The first-order valence-corrected chi connectivity index (χ1v) is 9.99. The van der Waals surface area contributed by atoms with Gasteiger partial charge in [0.1, 0.15) is 6.10 Å². The Labute approximate surface area is 192 Å². The minimum atomic E-state index is -5.01. The predicted molar refractivity (Wildman–Crippen MR) is 104 cm³/mol. The zero-order chi connectivity index (χ0) is 25.7. The number of nitrogens with one attached hydrogen (secondary N) is 1. The van der Waals surface area contributed by atoms with E-state index in [4.69, 9.17) is 4.74 Å². The van der Waals surface area contributed by atoms with Crippen molar-refractivity contribution in [3.05, 3.63) is 47.7 Å². The number of carbonyl (C=O) groups excluding carboxylic acids is 1. The van der Waals surface area contributed by atoms with Crippen LogP contribution < -0.4 is 10.1 Å². The Hall–Kier alpha value is -3.49. The molecule has 15 heteroatoms. The van der Waals surface area contributed by atoms with E-state index in [1.165, 1.54) is 22.8 Å². The van der Waals surface area contributed by atoms with Crippen molar-refractivity contribution < 1.29 is 45.0 Å². The molecule has 188 valence electrons. The van der Waals surface area contributed by atoms with Gasteiger partial charge in [0.05, 0.1) is 0 Å². The molecule has 0 saturated carbocycles. The number of benzene rings is 1. The summed E-state index contributed by atoms with van der Waals surface area (Å²) in [6.45, 7) is -1.88. The predicted octanol–water partition coefficient (Wildman–Crippen LogP) is 4.08. The Morgan fingerprint density at radius 2 is 1.97 bits per heavy atom. The molecule has 0 spiro atoms. The third-order valence-electron chi connectivity index (χ3n) is 6.04. The van der Waals surface area contributed by atoms with Crippen molar-refractivity contribution in [2.75, 3.05) is 5.32 Å². The summed E-state index contributed by atoms with van der Waals surface area (Å²) in [5.74, 6) is -9.06. The quantitative estimate of drug-likeness (QED) is 0.524. The molecular weight excluding hydrogens is 491 g/mol. The van der Waals surface area contributed by atoms with E-state index in [-0.39, 0.29) is 11.3 Å². The van der Waals surface area contributed by atoms with Gasteiger partial charge in [-0.25, -0.2) is 8.91 Å². The Morgan fingerprint density at radius 1 is 1.26 bits per heavy atom. The molecule has 4 atom stereocenters. The van der Waals surface area contributed by atoms with Gasteiger partial charge in [-0.1, -0.05) is 13.0 Å². The molecule has 0 unspecified atom stereocenters. The Morgan fingerprint density at radius 3 is 2.63 bits per heavy atom. The van der Waals surface area contributed by atoms with Gasteiger partial charge in [0, 0.05) is 35.3 Å². The van der Waals surface area contributed by atoms with Gasteiger partial charge in [-0.3, -0.25) is 4.79 Å². The lowest BCUT2D eigenvalue weighted by atomic mass is 9.77. The van der Waals surface area contributed by atoms with Crippen LogP contribution in [0, 0.1) is 17.6 Å². The van der Waals surface area contributed by atoms with E-state index in [0.29, 0.717) is 13.0 Å². The van der Waals surface area contributed by atoms with Gasteiger partial charge in [0.25, 0.3) is 5.91 Å². The maximum atomic E-state index is 14.4. The molecule has 35 heavy (non-hydrogen) atoms. The Balaban J connectivity index is 1.78. The molecule has 8 nitrogen and oxygen atoms in total. The molecule has 3 heterocycles. The second kappa shape index (κ2) is 8.62. The number of nitrogens with zero attached hydrogens (tertiary/aromatic N) is 4. The second-order valence-electron chi connectivity index (χ2n) is 8.00. The molecule has 1 amide bonds. The third-order valence-corrected chi connectivity index (χ3v) is 6.04. The van der Waals surface area contributed by atoms with Crippen LogP contribution in [0.4, 0.5) is 36.4 Å². The number of carbonyl (C=O) groups is 1. The van der Waals surface area contributed by atoms with Crippen LogP contribution in [0.25, 0.3) is 5.65 Å². The minimum absolute atomic E-state index is 0.0854. The number of pyridine rings is 1. The van der Waals surface area contributed by atoms with Crippen molar-refractivity contribution in [2.24, 2.45) is 5.92 Å². The largest absolute Gasteiger partial charge is 0.431 e. The first kappa shape index (κ1) is 24.6. The van der Waals surface area contributed by atoms with Gasteiger partial charge < -0.3 is 14.8 Å². The molecule has 0 aliphatic carbocycles. The summed E-state index contributed by atoms with van der Waals surface area (Å²) in [7, 11) is 0. The summed E-state index contributed by atoms with van der Waals surface area (Å²) in [4.78, 5) is 13.1. The SMILES string of the molecule is C[C@@H]1[C@H](c2ccc(F)c(F)c2OC(F)F)[C@@H](C(=O)Nc2ccn3nnnc3c2)O[C@]1(C)C(F)(F)F. The second-order valence-corrected chi connectivity index (χ2v) is 8.00. The molecular formula is C20H16F7N5O3. The van der Waals surface area contributed by atoms with Crippen LogP contribution in [-0.4, -0.2) is 50.4 Å². The molecule has 4 rings (SSSR count). The summed E-state index contributed by atoms with van der Waals surface area (Å²) in [5, 5.41) is 13.1. The van der Waals surface area contributed by atoms with Gasteiger partial charge in [-0.15, -0.1) is 5.10 Å². The number of rotatable bonds is 5. The maximum absolute atomic E-state index is 14.4. The van der Waals surface area contributed by atoms with Gasteiger partial charge in [0.15, 0.2) is 22.8 Å². The molecule has 1 fully saturated rings. The topological polar surface area (TPSA) is 90.6 Å². The Bertz CT molecular complexity index is 1270. The number of hydrogen-bond donors (Lipinski definition) is 1. The summed E-state index contributed by atoms with van der Waals surface area (Å²) in [5.41, 5.74) is -3.23. The molecule has 1 aliphatic heterocycles. The first-order valence-electron chi connectivity index (χ1n) is 9.99. The fourth-order valence-corrected chi connectivity index (χ4v) is 4.07. The number of fused-ring (bicyclic) bond motifs is 1. The zero-order valence-corrected chi connectivity index (χ0v) is 17.9. The lowest BCUT2D eigenvalue weighted by molar-refractivity contribution is -0.272. The van der Waals surface area contributed by atoms with Crippen molar-refractivity contribution in [3.63, 3.8) is 0 Å². The van der Waals surface area contributed by atoms with Crippen molar-refractivity contribution in [3.8, 4) is 5.75 Å². The van der Waals surface area contributed by atoms with Crippen LogP contribution in [-0.2, 0) is 9.53 Å². The summed E-state index contributed by atoms with van der Waals surface area (Å²) >= 11 is 0. The molecule has 3 aromatic rings. The normalized spacial score (nSPS) is 24.8. The fourth-order valence-electron chi connectivity index (χ4n) is 4.07. The third kappa shape index (κ3) is 4.24. The van der Waals surface area contributed by atoms with Crippen molar-refractivity contribution >= 4 is 17.2 Å². The smallest absolute Gasteiger partial charge is 0.417 e. The minimum Gasteiger partial charge on any atom is -0.431 e. The summed E-state index contributed by atoms with van der Waals surface area (Å²) in [6, 6.07) is 3.99.